The summed E-state index contributed by atoms with van der Waals surface area (Å²) < 4.78 is 5.86. The highest BCUT2D eigenvalue weighted by Gasteiger charge is 2.11. The first-order valence-electron chi connectivity index (χ1n) is 8.59. The third-order valence-corrected chi connectivity index (χ3v) is 4.04. The summed E-state index contributed by atoms with van der Waals surface area (Å²) in [7, 11) is 2.03. The first kappa shape index (κ1) is 19.3. The monoisotopic (exact) mass is 360 g/mol. The van der Waals surface area contributed by atoms with Crippen molar-refractivity contribution in [3.05, 3.63) is 53.6 Å². The van der Waals surface area contributed by atoms with E-state index in [0.29, 0.717) is 28.6 Å². The third-order valence-electron chi connectivity index (χ3n) is 3.80. The Kier molecular flexibility index (Phi) is 7.76. The second kappa shape index (κ2) is 10.1. The normalized spacial score (nSPS) is 10.7. The van der Waals surface area contributed by atoms with Crippen molar-refractivity contribution >= 4 is 23.2 Å². The van der Waals surface area contributed by atoms with Gasteiger partial charge in [-0.2, -0.15) is 0 Å². The number of para-hydroxylation sites is 1. The van der Waals surface area contributed by atoms with Gasteiger partial charge in [-0.25, -0.2) is 0 Å². The van der Waals surface area contributed by atoms with E-state index in [1.165, 1.54) is 0 Å². The highest BCUT2D eigenvalue weighted by molar-refractivity contribution is 6.31. The Labute approximate surface area is 154 Å². The summed E-state index contributed by atoms with van der Waals surface area (Å²) in [5.41, 5.74) is 0.581. The Balaban J connectivity index is 1.98. The van der Waals surface area contributed by atoms with Crippen molar-refractivity contribution in [3.8, 4) is 11.5 Å². The van der Waals surface area contributed by atoms with Gasteiger partial charge in [0.25, 0.3) is 0 Å². The predicted octanol–water partition coefficient (Wildman–Crippen LogP) is 5.19. The number of benzene rings is 2. The molecule has 5 heteroatoms. The second-order valence-corrected chi connectivity index (χ2v) is 6.45. The minimum absolute atomic E-state index is 0.0523. The van der Waals surface area contributed by atoms with E-state index in [1.807, 2.05) is 37.4 Å². The molecule has 2 aromatic rings. The van der Waals surface area contributed by atoms with Crippen LogP contribution in [0.5, 0.6) is 11.5 Å². The van der Waals surface area contributed by atoms with Crippen LogP contribution >= 0.6 is 11.6 Å². The molecule has 0 radical (unpaired) electrons. The van der Waals surface area contributed by atoms with E-state index < -0.39 is 0 Å². The number of ether oxygens (including phenoxy) is 1. The van der Waals surface area contributed by atoms with Crippen LogP contribution in [0, 0.1) is 0 Å². The zero-order chi connectivity index (χ0) is 18.1. The lowest BCUT2D eigenvalue weighted by Gasteiger charge is -2.16. The van der Waals surface area contributed by atoms with Crippen LogP contribution in [0.2, 0.25) is 5.02 Å². The van der Waals surface area contributed by atoms with E-state index in [-0.39, 0.29) is 5.91 Å². The van der Waals surface area contributed by atoms with Gasteiger partial charge < -0.3 is 15.0 Å². The predicted molar refractivity (Wildman–Crippen MR) is 104 cm³/mol. The third kappa shape index (κ3) is 6.77. The number of anilines is 1. The Bertz CT molecular complexity index is 677. The molecule has 0 fully saturated rings. The molecule has 0 aromatic heterocycles. The van der Waals surface area contributed by atoms with E-state index in [9.17, 15) is 4.79 Å². The molecule has 2 rings (SSSR count). The lowest BCUT2D eigenvalue weighted by atomic mass is 10.2. The molecule has 134 valence electrons. The van der Waals surface area contributed by atoms with Crippen molar-refractivity contribution in [2.75, 3.05) is 25.5 Å². The first-order chi connectivity index (χ1) is 12.1. The molecule has 2 aromatic carbocycles. The minimum atomic E-state index is -0.0523. The Hall–Kier alpha value is -2.04. The van der Waals surface area contributed by atoms with E-state index in [0.717, 1.165) is 25.9 Å². The molecule has 4 nitrogen and oxygen atoms in total. The summed E-state index contributed by atoms with van der Waals surface area (Å²) in [5.74, 6) is 1.23. The zero-order valence-corrected chi connectivity index (χ0v) is 15.6. The van der Waals surface area contributed by atoms with Crippen molar-refractivity contribution in [1.29, 1.82) is 0 Å². The van der Waals surface area contributed by atoms with Gasteiger partial charge in [-0.1, -0.05) is 43.1 Å². The van der Waals surface area contributed by atoms with Gasteiger partial charge in [-0.15, -0.1) is 0 Å². The number of unbranched alkanes of at least 4 members (excludes halogenated alkanes) is 1. The summed E-state index contributed by atoms with van der Waals surface area (Å²) >= 11 is 6.07. The molecule has 25 heavy (non-hydrogen) atoms. The number of nitrogens with zero attached hydrogens (tertiary/aromatic N) is 1. The Morgan fingerprint density at radius 1 is 1.16 bits per heavy atom. The van der Waals surface area contributed by atoms with Crippen molar-refractivity contribution in [3.63, 3.8) is 0 Å². The number of halogens is 1. The van der Waals surface area contributed by atoms with Crippen LogP contribution in [0.4, 0.5) is 5.69 Å². The zero-order valence-electron chi connectivity index (χ0n) is 14.8. The van der Waals surface area contributed by atoms with Gasteiger partial charge in [0, 0.05) is 18.0 Å². The average Bonchev–Trinajstić information content (AvgIpc) is 2.61. The van der Waals surface area contributed by atoms with Crippen LogP contribution in [0.3, 0.4) is 0 Å². The van der Waals surface area contributed by atoms with Crippen LogP contribution in [-0.2, 0) is 4.79 Å². The summed E-state index contributed by atoms with van der Waals surface area (Å²) in [6.45, 7) is 3.89. The molecule has 0 saturated heterocycles. The smallest absolute Gasteiger partial charge is 0.225 e. The van der Waals surface area contributed by atoms with Gasteiger partial charge in [0.1, 0.15) is 5.75 Å². The van der Waals surface area contributed by atoms with Crippen molar-refractivity contribution < 1.29 is 9.53 Å². The number of hydrogen-bond donors (Lipinski definition) is 1. The lowest BCUT2D eigenvalue weighted by molar-refractivity contribution is -0.116. The van der Waals surface area contributed by atoms with E-state index >= 15 is 0 Å². The molecule has 0 heterocycles. The largest absolute Gasteiger partial charge is 0.455 e. The summed E-state index contributed by atoms with van der Waals surface area (Å²) in [5, 5.41) is 3.46. The number of rotatable bonds is 9. The van der Waals surface area contributed by atoms with Gasteiger partial charge in [0.15, 0.2) is 5.75 Å². The fourth-order valence-electron chi connectivity index (χ4n) is 2.35. The van der Waals surface area contributed by atoms with Crippen LogP contribution < -0.4 is 10.1 Å². The van der Waals surface area contributed by atoms with Crippen molar-refractivity contribution in [2.45, 2.75) is 26.2 Å². The van der Waals surface area contributed by atoms with Crippen molar-refractivity contribution in [1.82, 2.24) is 4.90 Å². The van der Waals surface area contributed by atoms with Gasteiger partial charge in [0.2, 0.25) is 5.91 Å². The number of carbonyl (C=O) groups is 1. The lowest BCUT2D eigenvalue weighted by Crippen LogP contribution is -2.25. The maximum absolute atomic E-state index is 12.3. The second-order valence-electron chi connectivity index (χ2n) is 6.01. The minimum Gasteiger partial charge on any atom is -0.455 e. The van der Waals surface area contributed by atoms with Gasteiger partial charge >= 0.3 is 0 Å². The fourth-order valence-corrected chi connectivity index (χ4v) is 2.52. The van der Waals surface area contributed by atoms with Gasteiger partial charge in [-0.3, -0.25) is 4.79 Å². The van der Waals surface area contributed by atoms with E-state index in [2.05, 4.69) is 17.1 Å². The average molecular weight is 361 g/mol. The molecule has 1 N–H and O–H groups in total. The van der Waals surface area contributed by atoms with Gasteiger partial charge in [-0.05, 0) is 50.3 Å². The van der Waals surface area contributed by atoms with E-state index in [4.69, 9.17) is 16.3 Å². The van der Waals surface area contributed by atoms with Gasteiger partial charge in [0.05, 0.1) is 5.69 Å². The molecule has 0 aliphatic heterocycles. The van der Waals surface area contributed by atoms with Crippen LogP contribution in [-0.4, -0.2) is 30.9 Å². The molecule has 0 spiro atoms. The number of carbonyl (C=O) groups excluding carboxylic acids is 1. The maximum atomic E-state index is 12.3. The number of amides is 1. The maximum Gasteiger partial charge on any atom is 0.225 e. The molecule has 0 unspecified atom stereocenters. The first-order valence-corrected chi connectivity index (χ1v) is 8.97. The molecule has 1 amide bonds. The highest BCUT2D eigenvalue weighted by Crippen LogP contribution is 2.32. The van der Waals surface area contributed by atoms with Crippen molar-refractivity contribution in [2.24, 2.45) is 0 Å². The van der Waals surface area contributed by atoms with Crippen LogP contribution in [0.1, 0.15) is 26.2 Å². The fraction of sp³-hybridized carbons (Fsp3) is 0.350. The molecule has 0 aliphatic carbocycles. The van der Waals surface area contributed by atoms with E-state index in [1.54, 1.807) is 18.2 Å². The molecule has 0 aliphatic rings. The van der Waals surface area contributed by atoms with Crippen LogP contribution in [0.15, 0.2) is 48.5 Å². The number of nitrogens with one attached hydrogen (secondary N) is 1. The molecule has 0 bridgehead atoms. The Morgan fingerprint density at radius 3 is 2.64 bits per heavy atom. The standard InChI is InChI=1S/C20H25ClN2O2/c1-3-4-13-23(2)14-12-20(24)22-18-15-16(21)10-11-19(18)25-17-8-6-5-7-9-17/h5-11,15H,3-4,12-14H2,1-2H3,(H,22,24). The quantitative estimate of drug-likeness (QED) is 0.668. The van der Waals surface area contributed by atoms with Crippen LogP contribution in [0.25, 0.3) is 0 Å². The molecule has 0 atom stereocenters. The summed E-state index contributed by atoms with van der Waals surface area (Å²) in [4.78, 5) is 14.4. The highest BCUT2D eigenvalue weighted by atomic mass is 35.5. The summed E-state index contributed by atoms with van der Waals surface area (Å²) in [6, 6.07) is 14.7. The SMILES string of the molecule is CCCCN(C)CCC(=O)Nc1cc(Cl)ccc1Oc1ccccc1. The molecule has 0 saturated carbocycles. The Morgan fingerprint density at radius 2 is 1.92 bits per heavy atom. The molecular weight excluding hydrogens is 336 g/mol. The topological polar surface area (TPSA) is 41.6 Å². The number of hydrogen-bond acceptors (Lipinski definition) is 3. The summed E-state index contributed by atoms with van der Waals surface area (Å²) in [6.07, 6.45) is 2.72. The molecular formula is C20H25ClN2O2.